The van der Waals surface area contributed by atoms with Gasteiger partial charge in [0.25, 0.3) is 5.56 Å². The lowest BCUT2D eigenvalue weighted by Gasteiger charge is -2.09. The van der Waals surface area contributed by atoms with E-state index in [9.17, 15) is 4.79 Å². The van der Waals surface area contributed by atoms with Crippen molar-refractivity contribution in [1.82, 2.24) is 15.0 Å². The van der Waals surface area contributed by atoms with Crippen molar-refractivity contribution in [3.8, 4) is 0 Å². The van der Waals surface area contributed by atoms with E-state index in [2.05, 4.69) is 15.0 Å². The Bertz CT molecular complexity index is 588. The maximum Gasteiger partial charge on any atom is 0.254 e. The monoisotopic (exact) mass is 243 g/mol. The van der Waals surface area contributed by atoms with Crippen molar-refractivity contribution < 1.29 is 0 Å². The fraction of sp³-hybridized carbons (Fsp3) is 0.357. The number of aromatic nitrogens is 3. The molecule has 94 valence electrons. The molecule has 0 atom stereocenters. The van der Waals surface area contributed by atoms with Crippen LogP contribution in [0, 0.1) is 6.92 Å². The maximum absolute atomic E-state index is 11.8. The summed E-state index contributed by atoms with van der Waals surface area (Å²) in [4.78, 5) is 23.3. The van der Waals surface area contributed by atoms with Crippen LogP contribution in [-0.2, 0) is 6.42 Å². The van der Waals surface area contributed by atoms with Gasteiger partial charge in [-0.05, 0) is 18.6 Å². The minimum Gasteiger partial charge on any atom is -0.310 e. The molecule has 4 nitrogen and oxygen atoms in total. The number of hydrogen-bond acceptors (Lipinski definition) is 3. The highest BCUT2D eigenvalue weighted by atomic mass is 16.1. The van der Waals surface area contributed by atoms with Gasteiger partial charge in [0.05, 0.1) is 5.69 Å². The minimum absolute atomic E-state index is 0.0485. The van der Waals surface area contributed by atoms with Gasteiger partial charge in [0.1, 0.15) is 5.82 Å². The molecule has 0 fully saturated rings. The van der Waals surface area contributed by atoms with E-state index in [1.54, 1.807) is 12.4 Å². The molecule has 2 rings (SSSR count). The Labute approximate surface area is 106 Å². The van der Waals surface area contributed by atoms with Crippen LogP contribution in [0.2, 0.25) is 0 Å². The highest BCUT2D eigenvalue weighted by molar-refractivity contribution is 5.24. The Morgan fingerprint density at radius 1 is 1.39 bits per heavy atom. The fourth-order valence-corrected chi connectivity index (χ4v) is 1.74. The van der Waals surface area contributed by atoms with Crippen molar-refractivity contribution in [2.24, 2.45) is 0 Å². The molecule has 1 N–H and O–H groups in total. The molecule has 0 saturated heterocycles. The summed E-state index contributed by atoms with van der Waals surface area (Å²) in [6.07, 6.45) is 4.18. The van der Waals surface area contributed by atoms with Gasteiger partial charge in [-0.3, -0.25) is 9.78 Å². The SMILES string of the molecule is Cc1c(Cc2cccnc2)nc(C(C)C)[nH]c1=O. The molecule has 18 heavy (non-hydrogen) atoms. The molecule has 0 aliphatic rings. The quantitative estimate of drug-likeness (QED) is 0.899. The topological polar surface area (TPSA) is 58.6 Å². The van der Waals surface area contributed by atoms with Gasteiger partial charge in [-0.25, -0.2) is 4.98 Å². The van der Waals surface area contributed by atoms with Gasteiger partial charge < -0.3 is 4.98 Å². The van der Waals surface area contributed by atoms with Crippen LogP contribution in [0.15, 0.2) is 29.3 Å². The molecule has 0 aliphatic heterocycles. The van der Waals surface area contributed by atoms with E-state index in [4.69, 9.17) is 0 Å². The molecule has 0 radical (unpaired) electrons. The first-order chi connectivity index (χ1) is 8.58. The summed E-state index contributed by atoms with van der Waals surface area (Å²) in [5.41, 5.74) is 2.53. The number of hydrogen-bond donors (Lipinski definition) is 1. The third kappa shape index (κ3) is 2.64. The lowest BCUT2D eigenvalue weighted by Crippen LogP contribution is -2.18. The van der Waals surface area contributed by atoms with Gasteiger partial charge in [-0.1, -0.05) is 19.9 Å². The molecule has 0 aliphatic carbocycles. The van der Waals surface area contributed by atoms with Gasteiger partial charge in [-0.2, -0.15) is 0 Å². The molecule has 2 aromatic heterocycles. The second kappa shape index (κ2) is 5.12. The summed E-state index contributed by atoms with van der Waals surface area (Å²) < 4.78 is 0. The lowest BCUT2D eigenvalue weighted by atomic mass is 10.1. The molecule has 0 aromatic carbocycles. The number of nitrogens with one attached hydrogen (secondary N) is 1. The number of aromatic amines is 1. The fourth-order valence-electron chi connectivity index (χ4n) is 1.74. The predicted molar refractivity (Wildman–Crippen MR) is 70.7 cm³/mol. The van der Waals surface area contributed by atoms with Gasteiger partial charge in [0.15, 0.2) is 0 Å². The average molecular weight is 243 g/mol. The minimum atomic E-state index is -0.0485. The zero-order valence-corrected chi connectivity index (χ0v) is 10.9. The van der Waals surface area contributed by atoms with Crippen molar-refractivity contribution in [3.05, 3.63) is 57.5 Å². The van der Waals surface area contributed by atoms with E-state index in [1.807, 2.05) is 32.9 Å². The first-order valence-corrected chi connectivity index (χ1v) is 6.06. The van der Waals surface area contributed by atoms with Crippen LogP contribution in [0.25, 0.3) is 0 Å². The predicted octanol–water partition coefficient (Wildman–Crippen LogP) is 2.19. The lowest BCUT2D eigenvalue weighted by molar-refractivity contribution is 0.746. The van der Waals surface area contributed by atoms with E-state index in [0.717, 1.165) is 17.1 Å². The Kier molecular flexibility index (Phi) is 3.55. The Morgan fingerprint density at radius 2 is 2.17 bits per heavy atom. The van der Waals surface area contributed by atoms with E-state index in [0.29, 0.717) is 12.0 Å². The van der Waals surface area contributed by atoms with Gasteiger partial charge in [0, 0.05) is 30.3 Å². The summed E-state index contributed by atoms with van der Waals surface area (Å²) in [6, 6.07) is 3.88. The van der Waals surface area contributed by atoms with Crippen LogP contribution in [-0.4, -0.2) is 15.0 Å². The van der Waals surface area contributed by atoms with Gasteiger partial charge in [-0.15, -0.1) is 0 Å². The number of pyridine rings is 1. The van der Waals surface area contributed by atoms with E-state index >= 15 is 0 Å². The average Bonchev–Trinajstić information content (AvgIpc) is 2.35. The Hall–Kier alpha value is -1.97. The van der Waals surface area contributed by atoms with Crippen LogP contribution in [0.5, 0.6) is 0 Å². The normalized spacial score (nSPS) is 10.9. The van der Waals surface area contributed by atoms with Crippen molar-refractivity contribution in [1.29, 1.82) is 0 Å². The van der Waals surface area contributed by atoms with Gasteiger partial charge in [0.2, 0.25) is 0 Å². The highest BCUT2D eigenvalue weighted by Crippen LogP contribution is 2.12. The maximum atomic E-state index is 11.8. The van der Waals surface area contributed by atoms with Crippen LogP contribution in [0.3, 0.4) is 0 Å². The van der Waals surface area contributed by atoms with Crippen LogP contribution in [0.1, 0.15) is 42.4 Å². The van der Waals surface area contributed by atoms with Crippen molar-refractivity contribution in [3.63, 3.8) is 0 Å². The second-order valence-corrected chi connectivity index (χ2v) is 4.72. The third-order valence-corrected chi connectivity index (χ3v) is 2.91. The summed E-state index contributed by atoms with van der Waals surface area (Å²) >= 11 is 0. The molecule has 0 saturated carbocycles. The van der Waals surface area contributed by atoms with Crippen LogP contribution < -0.4 is 5.56 Å². The molecule has 0 bridgehead atoms. The van der Waals surface area contributed by atoms with Gasteiger partial charge >= 0.3 is 0 Å². The smallest absolute Gasteiger partial charge is 0.254 e. The van der Waals surface area contributed by atoms with E-state index < -0.39 is 0 Å². The highest BCUT2D eigenvalue weighted by Gasteiger charge is 2.10. The molecule has 2 aromatic rings. The third-order valence-electron chi connectivity index (χ3n) is 2.91. The summed E-state index contributed by atoms with van der Waals surface area (Å²) in [5.74, 6) is 0.954. The second-order valence-electron chi connectivity index (χ2n) is 4.72. The summed E-state index contributed by atoms with van der Waals surface area (Å²) in [7, 11) is 0. The summed E-state index contributed by atoms with van der Waals surface area (Å²) in [5, 5.41) is 0. The molecule has 2 heterocycles. The zero-order valence-electron chi connectivity index (χ0n) is 10.9. The Morgan fingerprint density at radius 3 is 2.78 bits per heavy atom. The number of rotatable bonds is 3. The Balaban J connectivity index is 2.41. The summed E-state index contributed by atoms with van der Waals surface area (Å²) in [6.45, 7) is 5.84. The molecule has 0 amide bonds. The van der Waals surface area contributed by atoms with E-state index in [1.165, 1.54) is 0 Å². The first-order valence-electron chi connectivity index (χ1n) is 6.06. The van der Waals surface area contributed by atoms with Crippen LogP contribution in [0.4, 0.5) is 0 Å². The molecule has 4 heteroatoms. The van der Waals surface area contributed by atoms with Crippen LogP contribution >= 0.6 is 0 Å². The van der Waals surface area contributed by atoms with Crippen molar-refractivity contribution in [2.45, 2.75) is 33.1 Å². The molecular weight excluding hydrogens is 226 g/mol. The van der Waals surface area contributed by atoms with Crippen molar-refractivity contribution >= 4 is 0 Å². The standard InChI is InChI=1S/C14H17N3O/c1-9(2)13-16-12(10(3)14(18)17-13)7-11-5-4-6-15-8-11/h4-6,8-9H,7H2,1-3H3,(H,16,17,18). The van der Waals surface area contributed by atoms with Crippen molar-refractivity contribution in [2.75, 3.05) is 0 Å². The van der Waals surface area contributed by atoms with E-state index in [-0.39, 0.29) is 11.5 Å². The molecular formula is C14H17N3O. The largest absolute Gasteiger partial charge is 0.310 e. The molecule has 0 spiro atoms. The zero-order chi connectivity index (χ0) is 13.1. The first kappa shape index (κ1) is 12.5. The number of nitrogens with zero attached hydrogens (tertiary/aromatic N) is 2. The molecule has 0 unspecified atom stereocenters. The number of H-pyrrole nitrogens is 1.